The molecule has 0 saturated carbocycles. The van der Waals surface area contributed by atoms with Crippen LogP contribution in [0.4, 0.5) is 4.79 Å². The zero-order valence-corrected chi connectivity index (χ0v) is 19.5. The van der Waals surface area contributed by atoms with E-state index in [1.54, 1.807) is 40.1 Å². The van der Waals surface area contributed by atoms with Crippen molar-refractivity contribution in [3.8, 4) is 5.88 Å². The molecule has 2 aromatic rings. The van der Waals surface area contributed by atoms with Gasteiger partial charge in [0.2, 0.25) is 5.88 Å². The van der Waals surface area contributed by atoms with E-state index in [1.165, 1.54) is 0 Å². The van der Waals surface area contributed by atoms with Gasteiger partial charge in [-0.1, -0.05) is 12.2 Å². The monoisotopic (exact) mass is 459 g/mol. The van der Waals surface area contributed by atoms with Gasteiger partial charge in [0, 0.05) is 24.2 Å². The lowest BCUT2D eigenvalue weighted by Gasteiger charge is -2.37. The summed E-state index contributed by atoms with van der Waals surface area (Å²) in [5.74, 6) is 0.508. The minimum atomic E-state index is -0.943. The van der Waals surface area contributed by atoms with Crippen LogP contribution in [0.25, 0.3) is 17.1 Å². The number of fused-ring (bicyclic) bond motifs is 1. The Morgan fingerprint density at radius 2 is 2.12 bits per heavy atom. The van der Waals surface area contributed by atoms with Gasteiger partial charge in [-0.25, -0.2) is 9.78 Å². The molecule has 3 N–H and O–H groups in total. The lowest BCUT2D eigenvalue weighted by molar-refractivity contribution is -0.0728. The molecule has 33 heavy (non-hydrogen) atoms. The predicted molar refractivity (Wildman–Crippen MR) is 124 cm³/mol. The second kappa shape index (κ2) is 10.9. The first-order chi connectivity index (χ1) is 15.7. The number of ether oxygens (including phenoxy) is 3. The summed E-state index contributed by atoms with van der Waals surface area (Å²) in [5.41, 5.74) is 1.74. The molecule has 3 heterocycles. The van der Waals surface area contributed by atoms with Crippen molar-refractivity contribution in [3.05, 3.63) is 36.0 Å². The van der Waals surface area contributed by atoms with Crippen LogP contribution >= 0.6 is 0 Å². The summed E-state index contributed by atoms with van der Waals surface area (Å²) in [7, 11) is 1.57. The molecule has 0 bridgehead atoms. The van der Waals surface area contributed by atoms with Crippen molar-refractivity contribution in [2.24, 2.45) is 0 Å². The van der Waals surface area contributed by atoms with Gasteiger partial charge in [0.05, 0.1) is 49.1 Å². The molecule has 2 aromatic heterocycles. The average molecular weight is 460 g/mol. The summed E-state index contributed by atoms with van der Waals surface area (Å²) < 4.78 is 16.8. The number of rotatable bonds is 7. The Kier molecular flexibility index (Phi) is 8.23. The molecule has 3 rings (SSSR count). The second-order valence-corrected chi connectivity index (χ2v) is 9.10. The van der Waals surface area contributed by atoms with E-state index >= 15 is 0 Å². The number of carbonyl (C=O) groups is 1. The predicted octanol–water partition coefficient (Wildman–Crippen LogP) is 2.84. The lowest BCUT2D eigenvalue weighted by Crippen LogP contribution is -2.51. The molecule has 9 nitrogen and oxygen atoms in total. The van der Waals surface area contributed by atoms with E-state index in [2.05, 4.69) is 15.3 Å². The molecule has 1 saturated heterocycles. The van der Waals surface area contributed by atoms with Gasteiger partial charge in [-0.3, -0.25) is 4.98 Å². The van der Waals surface area contributed by atoms with E-state index in [1.807, 2.05) is 24.3 Å². The number of carbonyl (C=O) groups excluding carboxylic acids is 1. The maximum atomic E-state index is 12.3. The highest BCUT2D eigenvalue weighted by molar-refractivity contribution is 5.84. The lowest BCUT2D eigenvalue weighted by atomic mass is 9.94. The Morgan fingerprint density at radius 1 is 1.33 bits per heavy atom. The van der Waals surface area contributed by atoms with E-state index in [9.17, 15) is 15.0 Å². The standard InChI is InChI=1S/C24H33N3O6/c1-24(2,3)33-23(30)26-18-8-7-17(32-20(18)13-16(29)14-28)6-5-15-11-12-25-19-9-10-21(31-4)27-22(15)19/h5-6,9-12,16-18,20,28-29H,7-8,13-14H2,1-4H3,(H,26,30)/t16?,17-,18-,20-/m1/s1. The number of nitrogens with one attached hydrogen (secondary N) is 1. The molecular weight excluding hydrogens is 426 g/mol. The van der Waals surface area contributed by atoms with E-state index < -0.39 is 23.9 Å². The largest absolute Gasteiger partial charge is 0.481 e. The highest BCUT2D eigenvalue weighted by atomic mass is 16.6. The Bertz CT molecular complexity index is 974. The molecule has 1 aliphatic rings. The minimum absolute atomic E-state index is 0.193. The summed E-state index contributed by atoms with van der Waals surface area (Å²) >= 11 is 0. The Morgan fingerprint density at radius 3 is 2.82 bits per heavy atom. The van der Waals surface area contributed by atoms with E-state index in [0.717, 1.165) is 16.6 Å². The fourth-order valence-corrected chi connectivity index (χ4v) is 3.73. The highest BCUT2D eigenvalue weighted by Crippen LogP contribution is 2.26. The summed E-state index contributed by atoms with van der Waals surface area (Å²) in [5, 5.41) is 22.1. The number of alkyl carbamates (subject to hydrolysis) is 1. The summed E-state index contributed by atoms with van der Waals surface area (Å²) in [6.45, 7) is 5.01. The maximum absolute atomic E-state index is 12.3. The smallest absolute Gasteiger partial charge is 0.407 e. The second-order valence-electron chi connectivity index (χ2n) is 9.10. The molecular formula is C24H33N3O6. The third-order valence-corrected chi connectivity index (χ3v) is 5.27. The number of nitrogens with zero attached hydrogens (tertiary/aromatic N) is 2. The topological polar surface area (TPSA) is 123 Å². The third-order valence-electron chi connectivity index (χ3n) is 5.27. The van der Waals surface area contributed by atoms with Gasteiger partial charge in [0.1, 0.15) is 5.60 Å². The number of hydrogen-bond donors (Lipinski definition) is 3. The molecule has 1 unspecified atom stereocenters. The number of aromatic nitrogens is 2. The quantitative estimate of drug-likeness (QED) is 0.578. The van der Waals surface area contributed by atoms with Gasteiger partial charge in [0.25, 0.3) is 0 Å². The van der Waals surface area contributed by atoms with Crippen molar-refractivity contribution in [2.75, 3.05) is 13.7 Å². The van der Waals surface area contributed by atoms with Crippen LogP contribution in [0.15, 0.2) is 30.5 Å². The molecule has 180 valence electrons. The van der Waals surface area contributed by atoms with E-state index in [4.69, 9.17) is 14.2 Å². The Hall–Kier alpha value is -2.75. The normalized spacial score (nSPS) is 22.3. The van der Waals surface area contributed by atoms with Gasteiger partial charge < -0.3 is 29.7 Å². The summed E-state index contributed by atoms with van der Waals surface area (Å²) in [6.07, 6.45) is 4.92. The third kappa shape index (κ3) is 7.12. The van der Waals surface area contributed by atoms with E-state index in [-0.39, 0.29) is 25.2 Å². The molecule has 0 aliphatic carbocycles. The van der Waals surface area contributed by atoms with Crippen LogP contribution in [0.3, 0.4) is 0 Å². The van der Waals surface area contributed by atoms with Crippen LogP contribution < -0.4 is 10.1 Å². The number of aliphatic hydroxyl groups is 2. The first-order valence-electron chi connectivity index (χ1n) is 11.1. The van der Waals surface area contributed by atoms with Crippen molar-refractivity contribution in [2.45, 2.75) is 70.0 Å². The zero-order valence-electron chi connectivity index (χ0n) is 19.5. The average Bonchev–Trinajstić information content (AvgIpc) is 2.77. The Labute approximate surface area is 193 Å². The van der Waals surface area contributed by atoms with Crippen LogP contribution in [0.1, 0.15) is 45.6 Å². The first kappa shape index (κ1) is 24.9. The van der Waals surface area contributed by atoms with Crippen molar-refractivity contribution >= 4 is 23.2 Å². The summed E-state index contributed by atoms with van der Waals surface area (Å²) in [4.78, 5) is 21.1. The number of methoxy groups -OCH3 is 1. The highest BCUT2D eigenvalue weighted by Gasteiger charge is 2.33. The summed E-state index contributed by atoms with van der Waals surface area (Å²) in [6, 6.07) is 5.16. The van der Waals surface area contributed by atoms with Gasteiger partial charge in [0.15, 0.2) is 0 Å². The van der Waals surface area contributed by atoms with Crippen LogP contribution in [0.2, 0.25) is 0 Å². The molecule has 1 amide bonds. The van der Waals surface area contributed by atoms with Gasteiger partial charge in [-0.05, 0) is 45.7 Å². The molecule has 4 atom stereocenters. The zero-order chi connectivity index (χ0) is 24.0. The van der Waals surface area contributed by atoms with Crippen LogP contribution in [-0.2, 0) is 9.47 Å². The molecule has 1 fully saturated rings. The Balaban J connectivity index is 1.73. The molecule has 0 aromatic carbocycles. The molecule has 1 aliphatic heterocycles. The maximum Gasteiger partial charge on any atom is 0.407 e. The van der Waals surface area contributed by atoms with E-state index in [0.29, 0.717) is 18.7 Å². The number of hydrogen-bond acceptors (Lipinski definition) is 8. The SMILES string of the molecule is COc1ccc2nccc(C=C[C@@H]3CC[C@@H](NC(=O)OC(C)(C)C)[C@@H](CC(O)CO)O3)c2n1. The van der Waals surface area contributed by atoms with Gasteiger partial charge >= 0.3 is 6.09 Å². The van der Waals surface area contributed by atoms with Crippen LogP contribution in [-0.4, -0.2) is 69.9 Å². The van der Waals surface area contributed by atoms with Crippen molar-refractivity contribution in [1.29, 1.82) is 0 Å². The fraction of sp³-hybridized carbons (Fsp3) is 0.542. The van der Waals surface area contributed by atoms with Crippen molar-refractivity contribution in [3.63, 3.8) is 0 Å². The molecule has 9 heteroatoms. The van der Waals surface area contributed by atoms with Gasteiger partial charge in [-0.15, -0.1) is 0 Å². The molecule has 0 radical (unpaired) electrons. The first-order valence-corrected chi connectivity index (χ1v) is 11.1. The molecule has 0 spiro atoms. The van der Waals surface area contributed by atoms with Gasteiger partial charge in [-0.2, -0.15) is 0 Å². The van der Waals surface area contributed by atoms with Crippen LogP contribution in [0.5, 0.6) is 5.88 Å². The van der Waals surface area contributed by atoms with Crippen LogP contribution in [0, 0.1) is 0 Å². The number of pyridine rings is 2. The van der Waals surface area contributed by atoms with Crippen molar-refractivity contribution in [1.82, 2.24) is 15.3 Å². The minimum Gasteiger partial charge on any atom is -0.481 e. The fourth-order valence-electron chi connectivity index (χ4n) is 3.73. The van der Waals surface area contributed by atoms with Crippen molar-refractivity contribution < 1.29 is 29.2 Å². The number of aliphatic hydroxyl groups excluding tert-OH is 2. The number of amides is 1.